The summed E-state index contributed by atoms with van der Waals surface area (Å²) in [4.78, 5) is 30.1. The Kier molecular flexibility index (Phi) is 7.02. The van der Waals surface area contributed by atoms with Crippen LogP contribution in [0.2, 0.25) is 0 Å². The van der Waals surface area contributed by atoms with Crippen LogP contribution in [0.5, 0.6) is 5.75 Å². The minimum atomic E-state index is -1.08. The van der Waals surface area contributed by atoms with Gasteiger partial charge >= 0.3 is 11.9 Å². The van der Waals surface area contributed by atoms with Crippen molar-refractivity contribution >= 4 is 17.8 Å². The molecule has 8 heteroatoms. The van der Waals surface area contributed by atoms with Crippen LogP contribution in [0.15, 0.2) is 40.8 Å². The van der Waals surface area contributed by atoms with Crippen molar-refractivity contribution in [2.75, 3.05) is 7.11 Å². The van der Waals surface area contributed by atoms with Gasteiger partial charge in [0.05, 0.1) is 20.0 Å². The molecule has 0 bridgehead atoms. The number of ether oxygens (including phenoxy) is 1. The molecule has 0 unspecified atom stereocenters. The van der Waals surface area contributed by atoms with Crippen LogP contribution in [0.4, 0.5) is 0 Å². The van der Waals surface area contributed by atoms with Crippen molar-refractivity contribution in [2.45, 2.75) is 12.8 Å². The monoisotopic (exact) mass is 335 g/mol. The van der Waals surface area contributed by atoms with Crippen molar-refractivity contribution in [3.05, 3.63) is 42.2 Å². The Hall–Kier alpha value is -3.29. The molecular formula is C16H17NO7. The lowest BCUT2D eigenvalue weighted by atomic mass is 10.2. The van der Waals surface area contributed by atoms with Crippen molar-refractivity contribution in [3.8, 4) is 17.1 Å². The first-order chi connectivity index (χ1) is 11.3. The molecule has 1 aromatic heterocycles. The van der Waals surface area contributed by atoms with E-state index in [2.05, 4.69) is 0 Å². The number of furan rings is 1. The quantitative estimate of drug-likeness (QED) is 0.733. The van der Waals surface area contributed by atoms with Gasteiger partial charge in [-0.1, -0.05) is 0 Å². The highest BCUT2D eigenvalue weighted by Crippen LogP contribution is 2.24. The molecule has 8 nitrogen and oxygen atoms in total. The number of carboxylic acids is 2. The Morgan fingerprint density at radius 2 is 1.54 bits per heavy atom. The van der Waals surface area contributed by atoms with Crippen LogP contribution in [-0.4, -0.2) is 35.2 Å². The highest BCUT2D eigenvalue weighted by molar-refractivity contribution is 5.90. The Morgan fingerprint density at radius 3 is 1.92 bits per heavy atom. The van der Waals surface area contributed by atoms with Crippen LogP contribution >= 0.6 is 0 Å². The number of methoxy groups -OCH3 is 1. The van der Waals surface area contributed by atoms with Crippen LogP contribution in [0.25, 0.3) is 11.3 Å². The van der Waals surface area contributed by atoms with Gasteiger partial charge in [0, 0.05) is 5.56 Å². The van der Waals surface area contributed by atoms with Crippen LogP contribution < -0.4 is 10.5 Å². The van der Waals surface area contributed by atoms with E-state index in [4.69, 9.17) is 25.1 Å². The number of carbonyl (C=O) groups is 3. The molecule has 0 radical (unpaired) electrons. The second kappa shape index (κ2) is 8.99. The molecule has 1 aromatic carbocycles. The minimum absolute atomic E-state index is 0.158. The first-order valence-corrected chi connectivity index (χ1v) is 6.81. The van der Waals surface area contributed by atoms with Gasteiger partial charge in [0.25, 0.3) is 5.91 Å². The van der Waals surface area contributed by atoms with Crippen LogP contribution in [0, 0.1) is 0 Å². The predicted molar refractivity (Wildman–Crippen MR) is 83.7 cm³/mol. The number of carboxylic acid groups (broad SMARTS) is 2. The van der Waals surface area contributed by atoms with Gasteiger partial charge in [0.2, 0.25) is 0 Å². The normalized spacial score (nSPS) is 9.54. The Bertz CT molecular complexity index is 689. The average molecular weight is 335 g/mol. The molecule has 24 heavy (non-hydrogen) atoms. The zero-order valence-corrected chi connectivity index (χ0v) is 12.9. The molecule has 0 atom stereocenters. The largest absolute Gasteiger partial charge is 0.497 e. The first-order valence-electron chi connectivity index (χ1n) is 6.81. The summed E-state index contributed by atoms with van der Waals surface area (Å²) in [6.07, 6.45) is -0.593. The summed E-state index contributed by atoms with van der Waals surface area (Å²) in [5.74, 6) is -1.19. The zero-order chi connectivity index (χ0) is 18.1. The number of carbonyl (C=O) groups excluding carboxylic acids is 1. The summed E-state index contributed by atoms with van der Waals surface area (Å²) in [6.45, 7) is 0. The maximum atomic E-state index is 10.9. The van der Waals surface area contributed by atoms with Gasteiger partial charge in [-0.2, -0.15) is 0 Å². The maximum Gasteiger partial charge on any atom is 0.303 e. The molecule has 2 aromatic rings. The van der Waals surface area contributed by atoms with Gasteiger partial charge in [-0.25, -0.2) is 0 Å². The van der Waals surface area contributed by atoms with Crippen LogP contribution in [0.3, 0.4) is 0 Å². The number of primary amides is 1. The molecule has 0 aliphatic heterocycles. The van der Waals surface area contributed by atoms with Crippen molar-refractivity contribution in [1.82, 2.24) is 0 Å². The first kappa shape index (κ1) is 18.8. The minimum Gasteiger partial charge on any atom is -0.497 e. The Balaban J connectivity index is 0.000000307. The molecule has 0 aliphatic rings. The number of aliphatic carboxylic acids is 2. The number of benzene rings is 1. The maximum absolute atomic E-state index is 10.9. The lowest BCUT2D eigenvalue weighted by Crippen LogP contribution is -2.09. The van der Waals surface area contributed by atoms with Crippen molar-refractivity contribution in [1.29, 1.82) is 0 Å². The molecule has 128 valence electrons. The molecule has 2 rings (SSSR count). The van der Waals surface area contributed by atoms with Gasteiger partial charge in [0.1, 0.15) is 11.5 Å². The van der Waals surface area contributed by atoms with E-state index in [-0.39, 0.29) is 18.6 Å². The number of hydrogen-bond acceptors (Lipinski definition) is 5. The highest BCUT2D eigenvalue weighted by atomic mass is 16.5. The predicted octanol–water partition coefficient (Wildman–Crippen LogP) is 1.99. The van der Waals surface area contributed by atoms with Crippen molar-refractivity contribution < 1.29 is 33.8 Å². The van der Waals surface area contributed by atoms with Gasteiger partial charge in [-0.05, 0) is 36.4 Å². The molecule has 0 spiro atoms. The lowest BCUT2D eigenvalue weighted by molar-refractivity contribution is -0.143. The summed E-state index contributed by atoms with van der Waals surface area (Å²) in [5, 5.41) is 15.8. The third kappa shape index (κ3) is 6.22. The van der Waals surface area contributed by atoms with Gasteiger partial charge < -0.3 is 25.1 Å². The average Bonchev–Trinajstić information content (AvgIpc) is 3.04. The Labute approximate surface area is 137 Å². The summed E-state index contributed by atoms with van der Waals surface area (Å²) in [6, 6.07) is 10.6. The lowest BCUT2D eigenvalue weighted by Gasteiger charge is -2.00. The summed E-state index contributed by atoms with van der Waals surface area (Å²) < 4.78 is 10.3. The molecule has 0 fully saturated rings. The van der Waals surface area contributed by atoms with Crippen LogP contribution in [-0.2, 0) is 9.59 Å². The third-order valence-corrected chi connectivity index (χ3v) is 2.78. The van der Waals surface area contributed by atoms with E-state index < -0.39 is 17.8 Å². The zero-order valence-electron chi connectivity index (χ0n) is 12.9. The van der Waals surface area contributed by atoms with Crippen molar-refractivity contribution in [2.24, 2.45) is 5.73 Å². The van der Waals surface area contributed by atoms with E-state index in [0.29, 0.717) is 5.76 Å². The Morgan fingerprint density at radius 1 is 1.00 bits per heavy atom. The van der Waals surface area contributed by atoms with E-state index >= 15 is 0 Å². The topological polar surface area (TPSA) is 140 Å². The second-order valence-electron chi connectivity index (χ2n) is 4.54. The SMILES string of the molecule is COc1ccc(-c2ccc(C(N)=O)o2)cc1.O=C(O)CCC(=O)O. The summed E-state index contributed by atoms with van der Waals surface area (Å²) in [7, 11) is 1.60. The summed E-state index contributed by atoms with van der Waals surface area (Å²) in [5.41, 5.74) is 5.97. The molecular weight excluding hydrogens is 318 g/mol. The second-order valence-corrected chi connectivity index (χ2v) is 4.54. The standard InChI is InChI=1S/C12H11NO3.C4H6O4/c1-15-9-4-2-8(3-5-9)10-6-7-11(16-10)12(13)14;5-3(6)1-2-4(7)8/h2-7H,1H3,(H2,13,14);1-2H2,(H,5,6)(H,7,8). The van der Waals surface area contributed by atoms with E-state index in [1.54, 1.807) is 19.2 Å². The number of hydrogen-bond donors (Lipinski definition) is 3. The fraction of sp³-hybridized carbons (Fsp3) is 0.188. The molecule has 0 saturated carbocycles. The molecule has 0 aliphatic carbocycles. The third-order valence-electron chi connectivity index (χ3n) is 2.78. The van der Waals surface area contributed by atoms with E-state index in [0.717, 1.165) is 11.3 Å². The molecule has 4 N–H and O–H groups in total. The fourth-order valence-electron chi connectivity index (χ4n) is 1.59. The summed E-state index contributed by atoms with van der Waals surface area (Å²) >= 11 is 0. The van der Waals surface area contributed by atoms with Crippen molar-refractivity contribution in [3.63, 3.8) is 0 Å². The van der Waals surface area contributed by atoms with Crippen LogP contribution in [0.1, 0.15) is 23.4 Å². The highest BCUT2D eigenvalue weighted by Gasteiger charge is 2.08. The molecule has 1 amide bonds. The number of rotatable bonds is 6. The van der Waals surface area contributed by atoms with Gasteiger partial charge in [-0.15, -0.1) is 0 Å². The molecule has 1 heterocycles. The number of nitrogens with two attached hydrogens (primary N) is 1. The molecule has 0 saturated heterocycles. The smallest absolute Gasteiger partial charge is 0.303 e. The van der Waals surface area contributed by atoms with Gasteiger partial charge in [-0.3, -0.25) is 14.4 Å². The van der Waals surface area contributed by atoms with E-state index in [9.17, 15) is 14.4 Å². The van der Waals surface area contributed by atoms with Gasteiger partial charge in [0.15, 0.2) is 5.76 Å². The fourth-order valence-corrected chi connectivity index (χ4v) is 1.59. The number of amides is 1. The van der Waals surface area contributed by atoms with E-state index in [1.807, 2.05) is 24.3 Å². The van der Waals surface area contributed by atoms with E-state index in [1.165, 1.54) is 0 Å².